The topological polar surface area (TPSA) is 72.9 Å². The molecular weight excluding hydrogens is 250 g/mol. The number of benzene rings is 1. The van der Waals surface area contributed by atoms with Gasteiger partial charge in [-0.2, -0.15) is 0 Å². The van der Waals surface area contributed by atoms with E-state index in [-0.39, 0.29) is 19.8 Å². The van der Waals surface area contributed by atoms with E-state index in [9.17, 15) is 14.4 Å². The highest BCUT2D eigenvalue weighted by Gasteiger charge is 2.38. The molecule has 0 aromatic heterocycles. The monoisotopic (exact) mass is 263 g/mol. The Balaban J connectivity index is 1.92. The van der Waals surface area contributed by atoms with Crippen molar-refractivity contribution in [3.8, 4) is 0 Å². The first-order valence-corrected chi connectivity index (χ1v) is 5.80. The summed E-state index contributed by atoms with van der Waals surface area (Å²) in [4.78, 5) is 34.7. The van der Waals surface area contributed by atoms with Gasteiger partial charge >= 0.3 is 12.1 Å². The van der Waals surface area contributed by atoms with Crippen LogP contribution in [0.2, 0.25) is 0 Å². The number of ether oxygens (including phenoxy) is 2. The highest BCUT2D eigenvalue weighted by atomic mass is 16.6. The second-order valence-electron chi connectivity index (χ2n) is 4.02. The first-order chi connectivity index (χ1) is 9.22. The SMILES string of the molecule is O=CCC1C(=O)OCN1C(=O)OCc1ccccc1. The Morgan fingerprint density at radius 1 is 1.42 bits per heavy atom. The fourth-order valence-corrected chi connectivity index (χ4v) is 1.74. The zero-order chi connectivity index (χ0) is 13.7. The quantitative estimate of drug-likeness (QED) is 0.600. The Morgan fingerprint density at radius 3 is 2.84 bits per heavy atom. The van der Waals surface area contributed by atoms with E-state index in [0.717, 1.165) is 10.5 Å². The van der Waals surface area contributed by atoms with Crippen molar-refractivity contribution in [2.24, 2.45) is 0 Å². The lowest BCUT2D eigenvalue weighted by Gasteiger charge is -2.17. The van der Waals surface area contributed by atoms with E-state index in [1.54, 1.807) is 0 Å². The number of carbonyl (C=O) groups excluding carboxylic acids is 3. The highest BCUT2D eigenvalue weighted by Crippen LogP contribution is 2.15. The third-order valence-electron chi connectivity index (χ3n) is 2.75. The van der Waals surface area contributed by atoms with Gasteiger partial charge in [-0.05, 0) is 5.56 Å². The zero-order valence-corrected chi connectivity index (χ0v) is 10.2. The lowest BCUT2D eigenvalue weighted by molar-refractivity contribution is -0.139. The molecule has 1 aromatic rings. The molecule has 6 nitrogen and oxygen atoms in total. The largest absolute Gasteiger partial charge is 0.444 e. The molecule has 19 heavy (non-hydrogen) atoms. The summed E-state index contributed by atoms with van der Waals surface area (Å²) in [5.41, 5.74) is 0.842. The van der Waals surface area contributed by atoms with Crippen molar-refractivity contribution in [1.82, 2.24) is 4.90 Å². The van der Waals surface area contributed by atoms with Crippen LogP contribution in [-0.2, 0) is 25.7 Å². The van der Waals surface area contributed by atoms with E-state index in [4.69, 9.17) is 9.47 Å². The van der Waals surface area contributed by atoms with Gasteiger partial charge in [0.2, 0.25) is 0 Å². The van der Waals surface area contributed by atoms with E-state index in [0.29, 0.717) is 6.29 Å². The summed E-state index contributed by atoms with van der Waals surface area (Å²) in [5.74, 6) is -0.580. The maximum absolute atomic E-state index is 11.8. The molecule has 1 heterocycles. The molecule has 0 N–H and O–H groups in total. The molecule has 1 amide bonds. The van der Waals surface area contributed by atoms with Gasteiger partial charge in [-0.1, -0.05) is 30.3 Å². The number of carbonyl (C=O) groups is 3. The molecule has 2 rings (SSSR count). The fourth-order valence-electron chi connectivity index (χ4n) is 1.74. The molecule has 100 valence electrons. The number of rotatable bonds is 4. The van der Waals surface area contributed by atoms with Crippen LogP contribution in [0.3, 0.4) is 0 Å². The van der Waals surface area contributed by atoms with Crippen LogP contribution in [0, 0.1) is 0 Å². The van der Waals surface area contributed by atoms with Gasteiger partial charge < -0.3 is 14.3 Å². The molecule has 0 aliphatic carbocycles. The van der Waals surface area contributed by atoms with E-state index in [1.807, 2.05) is 30.3 Å². The standard InChI is InChI=1S/C13H13NO5/c15-7-6-11-12(16)19-9-14(11)13(17)18-8-10-4-2-1-3-5-10/h1-5,7,11H,6,8-9H2. The number of hydrogen-bond acceptors (Lipinski definition) is 5. The van der Waals surface area contributed by atoms with E-state index in [1.165, 1.54) is 0 Å². The average Bonchev–Trinajstić information content (AvgIpc) is 2.80. The molecular formula is C13H13NO5. The van der Waals surface area contributed by atoms with Crippen LogP contribution in [-0.4, -0.2) is 36.0 Å². The molecule has 1 aliphatic rings. The summed E-state index contributed by atoms with van der Waals surface area (Å²) in [5, 5.41) is 0. The molecule has 1 aliphatic heterocycles. The molecule has 0 bridgehead atoms. The van der Waals surface area contributed by atoms with Crippen molar-refractivity contribution >= 4 is 18.3 Å². The van der Waals surface area contributed by atoms with Gasteiger partial charge in [0.05, 0.1) is 0 Å². The normalized spacial score (nSPS) is 18.0. The Bertz CT molecular complexity index is 473. The Labute approximate surface area is 109 Å². The predicted molar refractivity (Wildman–Crippen MR) is 63.9 cm³/mol. The van der Waals surface area contributed by atoms with Crippen molar-refractivity contribution < 1.29 is 23.9 Å². The van der Waals surface area contributed by atoms with Crippen LogP contribution in [0.25, 0.3) is 0 Å². The second-order valence-corrected chi connectivity index (χ2v) is 4.02. The molecule has 0 radical (unpaired) electrons. The lowest BCUT2D eigenvalue weighted by Crippen LogP contribution is -2.38. The van der Waals surface area contributed by atoms with Crippen LogP contribution >= 0.6 is 0 Å². The van der Waals surface area contributed by atoms with E-state index in [2.05, 4.69) is 0 Å². The number of esters is 1. The van der Waals surface area contributed by atoms with Crippen molar-refractivity contribution in [2.75, 3.05) is 6.73 Å². The molecule has 1 fully saturated rings. The van der Waals surface area contributed by atoms with Gasteiger partial charge in [-0.3, -0.25) is 4.90 Å². The number of nitrogens with zero attached hydrogens (tertiary/aromatic N) is 1. The molecule has 1 aromatic carbocycles. The lowest BCUT2D eigenvalue weighted by atomic mass is 10.2. The van der Waals surface area contributed by atoms with Gasteiger partial charge in [0.25, 0.3) is 0 Å². The zero-order valence-electron chi connectivity index (χ0n) is 10.2. The van der Waals surface area contributed by atoms with Crippen LogP contribution in [0.15, 0.2) is 30.3 Å². The minimum atomic E-state index is -0.874. The van der Waals surface area contributed by atoms with Crippen molar-refractivity contribution in [3.05, 3.63) is 35.9 Å². The van der Waals surface area contributed by atoms with Gasteiger partial charge in [0.15, 0.2) is 6.73 Å². The number of hydrogen-bond donors (Lipinski definition) is 0. The van der Waals surface area contributed by atoms with Crippen molar-refractivity contribution in [2.45, 2.75) is 19.1 Å². The molecule has 1 atom stereocenters. The fraction of sp³-hybridized carbons (Fsp3) is 0.308. The number of aldehydes is 1. The third kappa shape index (κ3) is 3.09. The second kappa shape index (κ2) is 5.99. The van der Waals surface area contributed by atoms with Crippen LogP contribution in [0.5, 0.6) is 0 Å². The molecule has 6 heteroatoms. The number of cyclic esters (lactones) is 1. The van der Waals surface area contributed by atoms with Crippen molar-refractivity contribution in [1.29, 1.82) is 0 Å². The smallest absolute Gasteiger partial charge is 0.413 e. The summed E-state index contributed by atoms with van der Waals surface area (Å²) >= 11 is 0. The van der Waals surface area contributed by atoms with Gasteiger partial charge in [0.1, 0.15) is 18.9 Å². The summed E-state index contributed by atoms with van der Waals surface area (Å²) in [7, 11) is 0. The third-order valence-corrected chi connectivity index (χ3v) is 2.75. The van der Waals surface area contributed by atoms with Gasteiger partial charge in [-0.25, -0.2) is 9.59 Å². The maximum Gasteiger partial charge on any atom is 0.413 e. The summed E-state index contributed by atoms with van der Waals surface area (Å²) in [6, 6.07) is 8.30. The summed E-state index contributed by atoms with van der Waals surface area (Å²) < 4.78 is 9.81. The Hall–Kier alpha value is -2.37. The average molecular weight is 263 g/mol. The van der Waals surface area contributed by atoms with Crippen molar-refractivity contribution in [3.63, 3.8) is 0 Å². The van der Waals surface area contributed by atoms with E-state index >= 15 is 0 Å². The van der Waals surface area contributed by atoms with Gasteiger partial charge in [0, 0.05) is 6.42 Å². The Morgan fingerprint density at radius 2 is 2.16 bits per heavy atom. The van der Waals surface area contributed by atoms with Crippen LogP contribution < -0.4 is 0 Å². The number of amides is 1. The predicted octanol–water partition coefficient (Wildman–Crippen LogP) is 1.10. The summed E-state index contributed by atoms with van der Waals surface area (Å²) in [6.07, 6.45) is -0.171. The van der Waals surface area contributed by atoms with Gasteiger partial charge in [-0.15, -0.1) is 0 Å². The van der Waals surface area contributed by atoms with E-state index < -0.39 is 18.1 Å². The first kappa shape index (κ1) is 13.1. The Kier molecular flexibility index (Phi) is 4.12. The molecule has 1 saturated heterocycles. The molecule has 0 spiro atoms. The molecule has 0 saturated carbocycles. The minimum absolute atomic E-state index is 0.0841. The minimum Gasteiger partial charge on any atom is -0.444 e. The molecule has 1 unspecified atom stereocenters. The summed E-state index contributed by atoms with van der Waals surface area (Å²) in [6.45, 7) is -0.0663. The van der Waals surface area contributed by atoms with Crippen LogP contribution in [0.4, 0.5) is 4.79 Å². The first-order valence-electron chi connectivity index (χ1n) is 5.80. The highest BCUT2D eigenvalue weighted by molar-refractivity contribution is 5.85. The van der Waals surface area contributed by atoms with Crippen LogP contribution in [0.1, 0.15) is 12.0 Å². The maximum atomic E-state index is 11.8.